The summed E-state index contributed by atoms with van der Waals surface area (Å²) in [7, 11) is 0. The molecule has 0 aromatic heterocycles. The van der Waals surface area contributed by atoms with E-state index < -0.39 is 11.7 Å². The van der Waals surface area contributed by atoms with Crippen LogP contribution in [0.5, 0.6) is 0 Å². The van der Waals surface area contributed by atoms with Crippen LogP contribution in [-0.4, -0.2) is 35.5 Å². The Morgan fingerprint density at radius 3 is 2.79 bits per heavy atom. The molecule has 0 bridgehead atoms. The van der Waals surface area contributed by atoms with E-state index in [-0.39, 0.29) is 22.5 Å². The van der Waals surface area contributed by atoms with Gasteiger partial charge in [-0.3, -0.25) is 9.59 Å². The summed E-state index contributed by atoms with van der Waals surface area (Å²) in [6, 6.07) is 2.44. The Morgan fingerprint density at radius 1 is 1.29 bits per heavy atom. The van der Waals surface area contributed by atoms with Gasteiger partial charge in [0.05, 0.1) is 15.8 Å². The molecule has 0 radical (unpaired) electrons. The van der Waals surface area contributed by atoms with Gasteiger partial charge in [0.15, 0.2) is 0 Å². The van der Waals surface area contributed by atoms with E-state index in [1.165, 1.54) is 11.0 Å². The number of hydrogen-bond acceptors (Lipinski definition) is 3. The molecule has 1 aromatic carbocycles. The SMILES string of the molecule is C/C(=N/NC(=O)CN1CCCCCC1=O)c1cc(F)c(Cl)cc1Cl. The van der Waals surface area contributed by atoms with E-state index in [0.717, 1.165) is 25.3 Å². The first kappa shape index (κ1) is 18.7. The molecule has 0 aliphatic carbocycles. The van der Waals surface area contributed by atoms with E-state index in [9.17, 15) is 14.0 Å². The molecule has 1 aromatic rings. The molecule has 1 saturated heterocycles. The van der Waals surface area contributed by atoms with Crippen LogP contribution in [0.4, 0.5) is 4.39 Å². The lowest BCUT2D eigenvalue weighted by Gasteiger charge is -2.19. The van der Waals surface area contributed by atoms with Crippen LogP contribution in [0.15, 0.2) is 17.2 Å². The minimum absolute atomic E-state index is 0.0221. The van der Waals surface area contributed by atoms with Gasteiger partial charge in [0, 0.05) is 18.5 Å². The van der Waals surface area contributed by atoms with E-state index in [0.29, 0.717) is 24.2 Å². The smallest absolute Gasteiger partial charge is 0.259 e. The van der Waals surface area contributed by atoms with E-state index in [1.807, 2.05) is 0 Å². The highest BCUT2D eigenvalue weighted by Crippen LogP contribution is 2.24. The molecule has 0 spiro atoms. The number of amides is 2. The van der Waals surface area contributed by atoms with E-state index >= 15 is 0 Å². The van der Waals surface area contributed by atoms with Crippen molar-refractivity contribution in [2.24, 2.45) is 5.10 Å². The number of benzene rings is 1. The highest BCUT2D eigenvalue weighted by molar-refractivity contribution is 6.37. The number of hydrogen-bond donors (Lipinski definition) is 1. The molecule has 130 valence electrons. The van der Waals surface area contributed by atoms with Crippen molar-refractivity contribution in [2.75, 3.05) is 13.1 Å². The van der Waals surface area contributed by atoms with Gasteiger partial charge in [-0.25, -0.2) is 9.82 Å². The fourth-order valence-corrected chi connectivity index (χ4v) is 2.94. The van der Waals surface area contributed by atoms with Gasteiger partial charge in [0.25, 0.3) is 5.91 Å². The molecule has 1 heterocycles. The Hall–Kier alpha value is -1.66. The van der Waals surface area contributed by atoms with Gasteiger partial charge in [0.2, 0.25) is 5.91 Å². The molecule has 2 amide bonds. The highest BCUT2D eigenvalue weighted by atomic mass is 35.5. The minimum Gasteiger partial charge on any atom is -0.333 e. The van der Waals surface area contributed by atoms with E-state index in [1.54, 1.807) is 6.92 Å². The maximum atomic E-state index is 13.5. The Bertz CT molecular complexity index is 680. The number of rotatable bonds is 4. The number of nitrogens with zero attached hydrogens (tertiary/aromatic N) is 2. The molecule has 5 nitrogen and oxygen atoms in total. The number of carbonyl (C=O) groups is 2. The first-order valence-corrected chi connectivity index (χ1v) is 8.40. The van der Waals surface area contributed by atoms with Crippen molar-refractivity contribution in [2.45, 2.75) is 32.6 Å². The van der Waals surface area contributed by atoms with Crippen molar-refractivity contribution in [3.05, 3.63) is 33.6 Å². The van der Waals surface area contributed by atoms with Crippen molar-refractivity contribution in [1.29, 1.82) is 0 Å². The number of halogens is 3. The van der Waals surface area contributed by atoms with Crippen molar-refractivity contribution < 1.29 is 14.0 Å². The Labute approximate surface area is 149 Å². The van der Waals surface area contributed by atoms with Gasteiger partial charge in [-0.05, 0) is 31.9 Å². The summed E-state index contributed by atoms with van der Waals surface area (Å²) >= 11 is 11.7. The first-order valence-electron chi connectivity index (χ1n) is 7.64. The van der Waals surface area contributed by atoms with Crippen LogP contribution in [0, 0.1) is 5.82 Å². The third-order valence-corrected chi connectivity index (χ3v) is 4.36. The number of likely N-dealkylation sites (tertiary alicyclic amines) is 1. The fraction of sp³-hybridized carbons (Fsp3) is 0.438. The number of carbonyl (C=O) groups excluding carboxylic acids is 2. The van der Waals surface area contributed by atoms with Crippen LogP contribution >= 0.6 is 23.2 Å². The summed E-state index contributed by atoms with van der Waals surface area (Å²) in [4.78, 5) is 25.4. The van der Waals surface area contributed by atoms with Gasteiger partial charge in [0.1, 0.15) is 12.4 Å². The Kier molecular flexibility index (Phi) is 6.57. The first-order chi connectivity index (χ1) is 11.4. The third-order valence-electron chi connectivity index (χ3n) is 3.75. The molecule has 0 unspecified atom stereocenters. The van der Waals surface area contributed by atoms with Crippen molar-refractivity contribution in [1.82, 2.24) is 10.3 Å². The Balaban J connectivity index is 2.00. The summed E-state index contributed by atoms with van der Waals surface area (Å²) in [5, 5.41) is 4.08. The zero-order chi connectivity index (χ0) is 17.7. The summed E-state index contributed by atoms with van der Waals surface area (Å²) in [5.41, 5.74) is 3.05. The topological polar surface area (TPSA) is 61.8 Å². The summed E-state index contributed by atoms with van der Waals surface area (Å²) in [6.07, 6.45) is 3.20. The second kappa shape index (κ2) is 8.44. The maximum Gasteiger partial charge on any atom is 0.259 e. The largest absolute Gasteiger partial charge is 0.333 e. The second-order valence-electron chi connectivity index (χ2n) is 5.60. The van der Waals surface area contributed by atoms with Gasteiger partial charge >= 0.3 is 0 Å². The lowest BCUT2D eigenvalue weighted by molar-refractivity contribution is -0.135. The Morgan fingerprint density at radius 2 is 2.04 bits per heavy atom. The molecular formula is C16H18Cl2FN3O2. The van der Waals surface area contributed by atoms with Crippen LogP contribution in [0.3, 0.4) is 0 Å². The van der Waals surface area contributed by atoms with E-state index in [4.69, 9.17) is 23.2 Å². The third kappa shape index (κ3) is 4.92. The van der Waals surface area contributed by atoms with Gasteiger partial charge in [-0.2, -0.15) is 5.10 Å². The molecule has 0 saturated carbocycles. The molecule has 0 atom stereocenters. The quantitative estimate of drug-likeness (QED) is 0.499. The zero-order valence-electron chi connectivity index (χ0n) is 13.2. The normalized spacial score (nSPS) is 16.1. The maximum absolute atomic E-state index is 13.5. The van der Waals surface area contributed by atoms with E-state index in [2.05, 4.69) is 10.5 Å². The number of nitrogens with one attached hydrogen (secondary N) is 1. The zero-order valence-corrected chi connectivity index (χ0v) is 14.8. The summed E-state index contributed by atoms with van der Waals surface area (Å²) in [6.45, 7) is 2.12. The average Bonchev–Trinajstić information content (AvgIpc) is 2.73. The summed E-state index contributed by atoms with van der Waals surface area (Å²) in [5.74, 6) is -1.05. The molecule has 1 fully saturated rings. The predicted octanol–water partition coefficient (Wildman–Crippen LogP) is 3.38. The molecule has 1 aliphatic rings. The molecule has 1 aliphatic heterocycles. The van der Waals surface area contributed by atoms with Crippen molar-refractivity contribution >= 4 is 40.7 Å². The predicted molar refractivity (Wildman–Crippen MR) is 91.8 cm³/mol. The molecular weight excluding hydrogens is 356 g/mol. The lowest BCUT2D eigenvalue weighted by atomic mass is 10.1. The molecule has 24 heavy (non-hydrogen) atoms. The molecule has 1 N–H and O–H groups in total. The van der Waals surface area contributed by atoms with Crippen molar-refractivity contribution in [3.63, 3.8) is 0 Å². The monoisotopic (exact) mass is 373 g/mol. The average molecular weight is 374 g/mol. The lowest BCUT2D eigenvalue weighted by Crippen LogP contribution is -2.39. The second-order valence-corrected chi connectivity index (χ2v) is 6.42. The molecule has 2 rings (SSSR count). The van der Waals surface area contributed by atoms with Gasteiger partial charge in [-0.1, -0.05) is 29.6 Å². The summed E-state index contributed by atoms with van der Waals surface area (Å²) < 4.78 is 13.5. The number of hydrazone groups is 1. The van der Waals surface area contributed by atoms with Crippen LogP contribution in [0.2, 0.25) is 10.0 Å². The standard InChI is InChI=1S/C16H18Cl2FN3O2/c1-10(11-7-14(19)13(18)8-12(11)17)20-21-15(23)9-22-6-4-2-3-5-16(22)24/h7-8H,2-6,9H2,1H3,(H,21,23)/b20-10-. The van der Waals surface area contributed by atoms with Crippen LogP contribution in [0.1, 0.15) is 38.2 Å². The molecule has 8 heteroatoms. The van der Waals surface area contributed by atoms with Crippen molar-refractivity contribution in [3.8, 4) is 0 Å². The fourth-order valence-electron chi connectivity index (χ4n) is 2.42. The van der Waals surface area contributed by atoms with Crippen LogP contribution in [-0.2, 0) is 9.59 Å². The van der Waals surface area contributed by atoms with Crippen LogP contribution in [0.25, 0.3) is 0 Å². The van der Waals surface area contributed by atoms with Gasteiger partial charge < -0.3 is 4.90 Å². The van der Waals surface area contributed by atoms with Gasteiger partial charge in [-0.15, -0.1) is 0 Å². The highest BCUT2D eigenvalue weighted by Gasteiger charge is 2.19. The van der Waals surface area contributed by atoms with Crippen LogP contribution < -0.4 is 5.43 Å². The minimum atomic E-state index is -0.618.